The van der Waals surface area contributed by atoms with E-state index >= 15 is 0 Å². The van der Waals surface area contributed by atoms with Gasteiger partial charge in [-0.05, 0) is 122 Å². The number of methoxy groups -OCH3 is 2. The third-order valence-corrected chi connectivity index (χ3v) is 10.7. The van der Waals surface area contributed by atoms with Gasteiger partial charge >= 0.3 is 0 Å². The van der Waals surface area contributed by atoms with E-state index in [2.05, 4.69) is 74.5 Å². The molecule has 3 heteroatoms. The van der Waals surface area contributed by atoms with Crippen molar-refractivity contribution in [2.75, 3.05) is 27.4 Å². The molecule has 0 saturated heterocycles. The van der Waals surface area contributed by atoms with E-state index in [1.54, 1.807) is 14.2 Å². The summed E-state index contributed by atoms with van der Waals surface area (Å²) in [4.78, 5) is 0. The first kappa shape index (κ1) is 35.3. The fourth-order valence-electron chi connectivity index (χ4n) is 7.86. The molecular formula is C42H62O3. The predicted molar refractivity (Wildman–Crippen MR) is 192 cm³/mol. The second-order valence-electron chi connectivity index (χ2n) is 13.7. The summed E-state index contributed by atoms with van der Waals surface area (Å²) in [6, 6.07) is 17.3. The van der Waals surface area contributed by atoms with Crippen LogP contribution in [0.4, 0.5) is 0 Å². The quantitative estimate of drug-likeness (QED) is 0.156. The lowest BCUT2D eigenvalue weighted by Gasteiger charge is -2.31. The van der Waals surface area contributed by atoms with Gasteiger partial charge < -0.3 is 14.2 Å². The van der Waals surface area contributed by atoms with Crippen molar-refractivity contribution in [1.29, 1.82) is 0 Å². The Morgan fingerprint density at radius 1 is 0.556 bits per heavy atom. The predicted octanol–water partition coefficient (Wildman–Crippen LogP) is 12.0. The Morgan fingerprint density at radius 2 is 0.933 bits per heavy atom. The van der Waals surface area contributed by atoms with Gasteiger partial charge in [-0.3, -0.25) is 0 Å². The Hall–Kier alpha value is -2.52. The molecule has 0 unspecified atom stereocenters. The number of hydrogen-bond acceptors (Lipinski definition) is 3. The first-order valence-corrected chi connectivity index (χ1v) is 18.4. The zero-order chi connectivity index (χ0) is 31.7. The van der Waals surface area contributed by atoms with E-state index in [1.165, 1.54) is 125 Å². The van der Waals surface area contributed by atoms with Crippen LogP contribution in [0.15, 0.2) is 60.7 Å². The molecule has 0 N–H and O–H groups in total. The lowest BCUT2D eigenvalue weighted by Crippen LogP contribution is -2.17. The zero-order valence-electron chi connectivity index (χ0n) is 29.0. The number of hydrogen-bond donors (Lipinski definition) is 0. The van der Waals surface area contributed by atoms with Gasteiger partial charge in [0.1, 0.15) is 11.5 Å². The van der Waals surface area contributed by atoms with Gasteiger partial charge in [-0.1, -0.05) is 102 Å². The van der Waals surface area contributed by atoms with E-state index in [4.69, 9.17) is 14.2 Å². The number of allylic oxidation sites excluding steroid dienone is 2. The van der Waals surface area contributed by atoms with Crippen LogP contribution in [0.25, 0.3) is 11.1 Å². The Labute approximate surface area is 275 Å². The van der Waals surface area contributed by atoms with Gasteiger partial charge in [0.05, 0.1) is 27.4 Å². The molecule has 0 heterocycles. The maximum atomic E-state index is 6.38. The van der Waals surface area contributed by atoms with Crippen molar-refractivity contribution in [3.63, 3.8) is 0 Å². The van der Waals surface area contributed by atoms with Gasteiger partial charge in [-0.2, -0.15) is 0 Å². The molecule has 0 atom stereocenters. The van der Waals surface area contributed by atoms with Gasteiger partial charge in [-0.15, -0.1) is 0 Å². The lowest BCUT2D eigenvalue weighted by atomic mass is 9.75. The molecule has 0 aliphatic heterocycles. The van der Waals surface area contributed by atoms with Crippen molar-refractivity contribution < 1.29 is 14.2 Å². The molecule has 4 rings (SSSR count). The molecule has 0 spiro atoms. The normalized spacial score (nSPS) is 22.8. The second-order valence-corrected chi connectivity index (χ2v) is 13.7. The molecule has 2 saturated carbocycles. The van der Waals surface area contributed by atoms with E-state index in [0.29, 0.717) is 25.0 Å². The van der Waals surface area contributed by atoms with Crippen LogP contribution in [0.5, 0.6) is 11.5 Å². The number of ether oxygens (including phenoxy) is 3. The Balaban J connectivity index is 1.41. The molecule has 0 radical (unpaired) electrons. The molecule has 2 aliphatic carbocycles. The summed E-state index contributed by atoms with van der Waals surface area (Å²) >= 11 is 0. The van der Waals surface area contributed by atoms with Crippen molar-refractivity contribution in [3.05, 3.63) is 71.8 Å². The number of rotatable bonds is 18. The van der Waals surface area contributed by atoms with Gasteiger partial charge in [0.2, 0.25) is 0 Å². The summed E-state index contributed by atoms with van der Waals surface area (Å²) in [5, 5.41) is 0. The molecule has 2 aliphatic rings. The Morgan fingerprint density at radius 3 is 1.27 bits per heavy atom. The summed E-state index contributed by atoms with van der Waals surface area (Å²) in [7, 11) is 3.48. The Bertz CT molecular complexity index is 1040. The largest absolute Gasteiger partial charge is 0.497 e. The molecule has 2 aromatic carbocycles. The van der Waals surface area contributed by atoms with Crippen molar-refractivity contribution in [2.24, 2.45) is 23.7 Å². The van der Waals surface area contributed by atoms with Gasteiger partial charge in [-0.25, -0.2) is 0 Å². The van der Waals surface area contributed by atoms with E-state index < -0.39 is 0 Å². The van der Waals surface area contributed by atoms with Gasteiger partial charge in [0, 0.05) is 0 Å². The molecule has 2 fully saturated rings. The van der Waals surface area contributed by atoms with Crippen molar-refractivity contribution in [2.45, 2.75) is 117 Å². The first-order valence-electron chi connectivity index (χ1n) is 18.4. The van der Waals surface area contributed by atoms with Crippen LogP contribution in [0.2, 0.25) is 0 Å². The highest BCUT2D eigenvalue weighted by molar-refractivity contribution is 5.69. The topological polar surface area (TPSA) is 27.7 Å². The van der Waals surface area contributed by atoms with Gasteiger partial charge in [0.15, 0.2) is 0 Å². The fraction of sp³-hybridized carbons (Fsp3) is 0.619. The minimum atomic E-state index is 0.613. The van der Waals surface area contributed by atoms with E-state index in [1.807, 2.05) is 0 Å². The van der Waals surface area contributed by atoms with Crippen LogP contribution in [0.3, 0.4) is 0 Å². The average Bonchev–Trinajstić information content (AvgIpc) is 3.09. The van der Waals surface area contributed by atoms with Crippen molar-refractivity contribution in [3.8, 4) is 11.5 Å². The van der Waals surface area contributed by atoms with Crippen LogP contribution >= 0.6 is 0 Å². The summed E-state index contributed by atoms with van der Waals surface area (Å²) in [6.45, 7) is 5.91. The highest BCUT2D eigenvalue weighted by atomic mass is 16.5. The lowest BCUT2D eigenvalue weighted by molar-refractivity contribution is 0.193. The molecule has 2 aromatic rings. The highest BCUT2D eigenvalue weighted by Gasteiger charge is 2.26. The van der Waals surface area contributed by atoms with Crippen LogP contribution in [-0.2, 0) is 4.74 Å². The first-order chi connectivity index (χ1) is 22.1. The average molecular weight is 615 g/mol. The molecule has 45 heavy (non-hydrogen) atoms. The number of unbranched alkanes of at least 4 members (excludes halogenated alkanes) is 4. The van der Waals surface area contributed by atoms with Crippen LogP contribution in [0, 0.1) is 23.7 Å². The van der Waals surface area contributed by atoms with Gasteiger partial charge in [0.25, 0.3) is 0 Å². The van der Waals surface area contributed by atoms with Crippen LogP contribution < -0.4 is 9.47 Å². The van der Waals surface area contributed by atoms with Crippen LogP contribution in [0.1, 0.15) is 128 Å². The minimum Gasteiger partial charge on any atom is -0.497 e. The van der Waals surface area contributed by atoms with E-state index in [0.717, 1.165) is 23.3 Å². The summed E-state index contributed by atoms with van der Waals surface area (Å²) in [6.07, 6.45) is 26.4. The maximum absolute atomic E-state index is 6.38. The minimum absolute atomic E-state index is 0.613. The van der Waals surface area contributed by atoms with Crippen molar-refractivity contribution in [1.82, 2.24) is 0 Å². The molecular weight excluding hydrogens is 552 g/mol. The maximum Gasteiger partial charge on any atom is 0.118 e. The molecule has 0 aromatic heterocycles. The summed E-state index contributed by atoms with van der Waals surface area (Å²) < 4.78 is 17.3. The third-order valence-electron chi connectivity index (χ3n) is 10.7. The molecule has 0 amide bonds. The standard InChI is InChI=1S/C42H62O3/c1-5-7-9-11-33-13-17-35(18-14-33)41(37-21-25-39(43-3)26-22-37)29-31-45-32-30-42(38-23-27-40(44-4)28-24-38)36-19-15-34(16-20-36)12-10-8-6-2/h21-30,33-36H,5-20,31-32H2,1-4H3/t33-,34-,35-,36-. The molecule has 0 bridgehead atoms. The van der Waals surface area contributed by atoms with E-state index in [9.17, 15) is 0 Å². The third kappa shape index (κ3) is 11.3. The second kappa shape index (κ2) is 19.9. The smallest absolute Gasteiger partial charge is 0.118 e. The van der Waals surface area contributed by atoms with Crippen molar-refractivity contribution >= 4 is 11.1 Å². The summed E-state index contributed by atoms with van der Waals surface area (Å²) in [5.41, 5.74) is 5.56. The SMILES string of the molecule is CCCCC[C@H]1CC[C@H](C(=CCOCC=C(c2ccc(OC)cc2)[C@H]2CC[C@H](CCCCC)CC2)c2ccc(OC)cc2)CC1. The number of benzene rings is 2. The zero-order valence-corrected chi connectivity index (χ0v) is 29.0. The Kier molecular flexibility index (Phi) is 15.6. The fourth-order valence-corrected chi connectivity index (χ4v) is 7.86. The molecule has 248 valence electrons. The molecule has 3 nitrogen and oxygen atoms in total. The van der Waals surface area contributed by atoms with E-state index in [-0.39, 0.29) is 0 Å². The monoisotopic (exact) mass is 614 g/mol. The van der Waals surface area contributed by atoms with Crippen LogP contribution in [-0.4, -0.2) is 27.4 Å². The highest BCUT2D eigenvalue weighted by Crippen LogP contribution is 2.41. The summed E-state index contributed by atoms with van der Waals surface area (Å²) in [5.74, 6) is 4.88.